The molecule has 0 radical (unpaired) electrons. The number of rotatable bonds is 5. The van der Waals surface area contributed by atoms with E-state index in [1.165, 1.54) is 5.56 Å². The van der Waals surface area contributed by atoms with Gasteiger partial charge < -0.3 is 10.1 Å². The van der Waals surface area contributed by atoms with Gasteiger partial charge in [-0.3, -0.25) is 0 Å². The van der Waals surface area contributed by atoms with Gasteiger partial charge in [-0.05, 0) is 36.4 Å². The molecule has 0 bridgehead atoms. The SMILES string of the molecule is CCCOc1ccccc1Nc1ncnc2scc(C)c12. The van der Waals surface area contributed by atoms with Crippen LogP contribution in [0.5, 0.6) is 5.75 Å². The summed E-state index contributed by atoms with van der Waals surface area (Å²) in [5.41, 5.74) is 2.11. The monoisotopic (exact) mass is 299 g/mol. The Morgan fingerprint density at radius 3 is 2.95 bits per heavy atom. The van der Waals surface area contributed by atoms with Crippen molar-refractivity contribution in [2.24, 2.45) is 0 Å². The third-order valence-corrected chi connectivity index (χ3v) is 4.16. The number of para-hydroxylation sites is 2. The Bertz CT molecular complexity index is 754. The Balaban J connectivity index is 1.97. The van der Waals surface area contributed by atoms with Crippen LogP contribution in [0, 0.1) is 6.92 Å². The average molecular weight is 299 g/mol. The molecule has 5 heteroatoms. The number of hydrogen-bond acceptors (Lipinski definition) is 5. The first-order valence-electron chi connectivity index (χ1n) is 6.97. The van der Waals surface area contributed by atoms with Crippen molar-refractivity contribution in [3.63, 3.8) is 0 Å². The molecule has 21 heavy (non-hydrogen) atoms. The number of hydrogen-bond donors (Lipinski definition) is 1. The predicted octanol–water partition coefficient (Wildman–Crippen LogP) is 4.53. The van der Waals surface area contributed by atoms with E-state index in [2.05, 4.69) is 34.5 Å². The number of anilines is 2. The molecular weight excluding hydrogens is 282 g/mol. The molecule has 3 rings (SSSR count). The number of fused-ring (bicyclic) bond motifs is 1. The zero-order valence-corrected chi connectivity index (χ0v) is 12.9. The smallest absolute Gasteiger partial charge is 0.142 e. The van der Waals surface area contributed by atoms with E-state index in [-0.39, 0.29) is 0 Å². The fraction of sp³-hybridized carbons (Fsp3) is 0.250. The molecule has 0 fully saturated rings. The van der Waals surface area contributed by atoms with Crippen LogP contribution in [-0.2, 0) is 0 Å². The first kappa shape index (κ1) is 13.8. The van der Waals surface area contributed by atoms with E-state index in [0.717, 1.165) is 33.9 Å². The highest BCUT2D eigenvalue weighted by Gasteiger charge is 2.10. The van der Waals surface area contributed by atoms with Crippen LogP contribution in [0.3, 0.4) is 0 Å². The maximum absolute atomic E-state index is 5.78. The normalized spacial score (nSPS) is 10.8. The highest BCUT2D eigenvalue weighted by atomic mass is 32.1. The Hall–Kier alpha value is -2.14. The lowest BCUT2D eigenvalue weighted by atomic mass is 10.2. The molecule has 0 saturated heterocycles. The summed E-state index contributed by atoms with van der Waals surface area (Å²) in [6.45, 7) is 4.88. The van der Waals surface area contributed by atoms with Crippen LogP contribution in [0.2, 0.25) is 0 Å². The first-order valence-corrected chi connectivity index (χ1v) is 7.85. The molecule has 108 valence electrons. The highest BCUT2D eigenvalue weighted by Crippen LogP contribution is 2.33. The largest absolute Gasteiger partial charge is 0.491 e. The van der Waals surface area contributed by atoms with Gasteiger partial charge in [0.25, 0.3) is 0 Å². The van der Waals surface area contributed by atoms with E-state index >= 15 is 0 Å². The van der Waals surface area contributed by atoms with Crippen LogP contribution in [0.25, 0.3) is 10.2 Å². The molecule has 4 nitrogen and oxygen atoms in total. The number of aromatic nitrogens is 2. The molecule has 1 N–H and O–H groups in total. The average Bonchev–Trinajstić information content (AvgIpc) is 2.89. The van der Waals surface area contributed by atoms with Crippen LogP contribution < -0.4 is 10.1 Å². The second-order valence-electron chi connectivity index (χ2n) is 4.79. The fourth-order valence-electron chi connectivity index (χ4n) is 2.15. The summed E-state index contributed by atoms with van der Waals surface area (Å²) in [4.78, 5) is 9.70. The van der Waals surface area contributed by atoms with Crippen LogP contribution in [0.1, 0.15) is 18.9 Å². The molecule has 0 amide bonds. The molecule has 0 aliphatic carbocycles. The van der Waals surface area contributed by atoms with E-state index in [0.29, 0.717) is 6.61 Å². The molecular formula is C16H17N3OS. The lowest BCUT2D eigenvalue weighted by Crippen LogP contribution is -2.01. The molecule has 0 spiro atoms. The number of ether oxygens (including phenoxy) is 1. The van der Waals surface area contributed by atoms with E-state index < -0.39 is 0 Å². The van der Waals surface area contributed by atoms with Crippen LogP contribution in [0.15, 0.2) is 36.0 Å². The van der Waals surface area contributed by atoms with Gasteiger partial charge in [0.2, 0.25) is 0 Å². The van der Waals surface area contributed by atoms with Crippen LogP contribution in [-0.4, -0.2) is 16.6 Å². The molecule has 0 aliphatic rings. The second kappa shape index (κ2) is 6.10. The standard InChI is InChI=1S/C16H17N3OS/c1-3-8-20-13-7-5-4-6-12(13)19-15-14-11(2)9-21-16(14)18-10-17-15/h4-7,9-10H,3,8H2,1-2H3,(H,17,18,19). The summed E-state index contributed by atoms with van der Waals surface area (Å²) < 4.78 is 5.78. The second-order valence-corrected chi connectivity index (χ2v) is 5.65. The molecule has 1 aromatic carbocycles. The maximum atomic E-state index is 5.78. The molecule has 0 saturated carbocycles. The van der Waals surface area contributed by atoms with Gasteiger partial charge in [-0.1, -0.05) is 19.1 Å². The minimum Gasteiger partial charge on any atom is -0.491 e. The zero-order valence-electron chi connectivity index (χ0n) is 12.1. The summed E-state index contributed by atoms with van der Waals surface area (Å²) >= 11 is 1.63. The van der Waals surface area contributed by atoms with Crippen molar-refractivity contribution >= 4 is 33.1 Å². The van der Waals surface area contributed by atoms with Crippen molar-refractivity contribution in [2.75, 3.05) is 11.9 Å². The van der Waals surface area contributed by atoms with Crippen molar-refractivity contribution in [3.05, 3.63) is 41.5 Å². The van der Waals surface area contributed by atoms with Crippen molar-refractivity contribution in [2.45, 2.75) is 20.3 Å². The quantitative estimate of drug-likeness (QED) is 0.751. The van der Waals surface area contributed by atoms with Gasteiger partial charge in [0.05, 0.1) is 17.7 Å². The van der Waals surface area contributed by atoms with Crippen LogP contribution in [0.4, 0.5) is 11.5 Å². The highest BCUT2D eigenvalue weighted by molar-refractivity contribution is 7.17. The topological polar surface area (TPSA) is 47.0 Å². The van der Waals surface area contributed by atoms with Gasteiger partial charge in [0.1, 0.15) is 22.7 Å². The van der Waals surface area contributed by atoms with Crippen LogP contribution >= 0.6 is 11.3 Å². The number of nitrogens with zero attached hydrogens (tertiary/aromatic N) is 2. The van der Waals surface area contributed by atoms with Gasteiger partial charge in [0.15, 0.2) is 0 Å². The number of aryl methyl sites for hydroxylation is 1. The maximum Gasteiger partial charge on any atom is 0.142 e. The summed E-state index contributed by atoms with van der Waals surface area (Å²) in [6.07, 6.45) is 2.58. The van der Waals surface area contributed by atoms with Gasteiger partial charge in [-0.25, -0.2) is 9.97 Å². The summed E-state index contributed by atoms with van der Waals surface area (Å²) in [5, 5.41) is 6.56. The summed E-state index contributed by atoms with van der Waals surface area (Å²) in [5.74, 6) is 1.67. The van der Waals surface area contributed by atoms with Gasteiger partial charge in [0, 0.05) is 0 Å². The Morgan fingerprint density at radius 1 is 1.24 bits per heavy atom. The summed E-state index contributed by atoms with van der Waals surface area (Å²) in [6, 6.07) is 7.93. The van der Waals surface area contributed by atoms with E-state index in [1.54, 1.807) is 17.7 Å². The van der Waals surface area contributed by atoms with Gasteiger partial charge in [-0.15, -0.1) is 11.3 Å². The third kappa shape index (κ3) is 2.83. The Kier molecular flexibility index (Phi) is 4.01. The Morgan fingerprint density at radius 2 is 2.10 bits per heavy atom. The predicted molar refractivity (Wildman–Crippen MR) is 87.7 cm³/mol. The first-order chi connectivity index (χ1) is 10.3. The van der Waals surface area contributed by atoms with Crippen molar-refractivity contribution in [3.8, 4) is 5.75 Å². The molecule has 0 unspecified atom stereocenters. The lowest BCUT2D eigenvalue weighted by molar-refractivity contribution is 0.319. The van der Waals surface area contributed by atoms with E-state index in [4.69, 9.17) is 4.74 Å². The minimum atomic E-state index is 0.704. The van der Waals surface area contributed by atoms with Crippen molar-refractivity contribution < 1.29 is 4.74 Å². The van der Waals surface area contributed by atoms with E-state index in [1.807, 2.05) is 24.3 Å². The number of thiophene rings is 1. The number of benzene rings is 1. The molecule has 0 atom stereocenters. The number of nitrogens with one attached hydrogen (secondary N) is 1. The zero-order chi connectivity index (χ0) is 14.7. The molecule has 0 aliphatic heterocycles. The molecule has 2 heterocycles. The van der Waals surface area contributed by atoms with Crippen molar-refractivity contribution in [1.82, 2.24) is 9.97 Å². The lowest BCUT2D eigenvalue weighted by Gasteiger charge is -2.13. The third-order valence-electron chi connectivity index (χ3n) is 3.16. The summed E-state index contributed by atoms with van der Waals surface area (Å²) in [7, 11) is 0. The minimum absolute atomic E-state index is 0.704. The van der Waals surface area contributed by atoms with Gasteiger partial charge >= 0.3 is 0 Å². The molecule has 2 aromatic heterocycles. The van der Waals surface area contributed by atoms with Gasteiger partial charge in [-0.2, -0.15) is 0 Å². The van der Waals surface area contributed by atoms with E-state index in [9.17, 15) is 0 Å². The molecule has 3 aromatic rings. The fourth-order valence-corrected chi connectivity index (χ4v) is 3.04. The van der Waals surface area contributed by atoms with Crippen molar-refractivity contribution in [1.29, 1.82) is 0 Å². The Labute approximate surface area is 127 Å².